The minimum Gasteiger partial charge on any atom is -0.314 e. The van der Waals surface area contributed by atoms with Crippen molar-refractivity contribution < 1.29 is 0 Å². The molecule has 0 aromatic carbocycles. The van der Waals surface area contributed by atoms with Gasteiger partial charge in [-0.25, -0.2) is 0 Å². The van der Waals surface area contributed by atoms with Crippen LogP contribution in [-0.2, 0) is 0 Å². The highest BCUT2D eigenvalue weighted by atomic mass is 15.3. The van der Waals surface area contributed by atoms with Crippen molar-refractivity contribution in [1.29, 1.82) is 0 Å². The van der Waals surface area contributed by atoms with Crippen molar-refractivity contribution in [2.75, 3.05) is 19.6 Å². The predicted molar refractivity (Wildman–Crippen MR) is 87.6 cm³/mol. The van der Waals surface area contributed by atoms with E-state index in [1.165, 1.54) is 77.4 Å². The average Bonchev–Trinajstić information content (AvgIpc) is 3.22. The summed E-state index contributed by atoms with van der Waals surface area (Å²) in [7, 11) is 0. The van der Waals surface area contributed by atoms with E-state index in [2.05, 4.69) is 22.0 Å². The second kappa shape index (κ2) is 6.17. The van der Waals surface area contributed by atoms with Crippen molar-refractivity contribution in [1.82, 2.24) is 15.1 Å². The van der Waals surface area contributed by atoms with Crippen LogP contribution in [-0.4, -0.2) is 59.6 Å². The Morgan fingerprint density at radius 1 is 0.905 bits per heavy atom. The first-order chi connectivity index (χ1) is 10.3. The molecule has 0 spiro atoms. The lowest BCUT2D eigenvalue weighted by Gasteiger charge is -2.52. The lowest BCUT2D eigenvalue weighted by molar-refractivity contribution is -0.00795. The fraction of sp³-hybridized carbons (Fsp3) is 1.00. The third-order valence-corrected chi connectivity index (χ3v) is 6.39. The maximum Gasteiger partial charge on any atom is 0.0241 e. The van der Waals surface area contributed by atoms with E-state index in [0.717, 1.165) is 30.2 Å². The summed E-state index contributed by atoms with van der Waals surface area (Å²) >= 11 is 0. The molecule has 2 bridgehead atoms. The van der Waals surface area contributed by atoms with E-state index in [9.17, 15) is 0 Å². The zero-order chi connectivity index (χ0) is 14.2. The lowest BCUT2D eigenvalue weighted by atomic mass is 9.80. The van der Waals surface area contributed by atoms with E-state index >= 15 is 0 Å². The van der Waals surface area contributed by atoms with Gasteiger partial charge in [-0.05, 0) is 57.9 Å². The quantitative estimate of drug-likeness (QED) is 0.840. The van der Waals surface area contributed by atoms with Gasteiger partial charge in [0.1, 0.15) is 0 Å². The SMILES string of the molecule is CCCNC1CC2CCCC(C1)N2C1CCN(C2CC2)C1. The molecule has 4 rings (SSSR count). The maximum absolute atomic E-state index is 3.81. The van der Waals surface area contributed by atoms with E-state index in [-0.39, 0.29) is 0 Å². The molecule has 120 valence electrons. The highest BCUT2D eigenvalue weighted by molar-refractivity contribution is 5.01. The summed E-state index contributed by atoms with van der Waals surface area (Å²) in [5.74, 6) is 0. The van der Waals surface area contributed by atoms with Crippen molar-refractivity contribution in [2.24, 2.45) is 0 Å². The molecule has 0 radical (unpaired) electrons. The van der Waals surface area contributed by atoms with Crippen molar-refractivity contribution >= 4 is 0 Å². The summed E-state index contributed by atoms with van der Waals surface area (Å²) in [6.45, 7) is 6.25. The predicted octanol–water partition coefficient (Wildman–Crippen LogP) is 2.61. The molecule has 1 saturated carbocycles. The third-order valence-electron chi connectivity index (χ3n) is 6.39. The normalized spacial score (nSPS) is 41.6. The van der Waals surface area contributed by atoms with Gasteiger partial charge in [-0.1, -0.05) is 13.3 Å². The van der Waals surface area contributed by atoms with E-state index in [1.54, 1.807) is 0 Å². The van der Waals surface area contributed by atoms with Crippen LogP contribution in [0.15, 0.2) is 0 Å². The minimum atomic E-state index is 0.803. The molecule has 0 aromatic rings. The van der Waals surface area contributed by atoms with Crippen LogP contribution in [0.3, 0.4) is 0 Å². The van der Waals surface area contributed by atoms with Crippen LogP contribution in [0.5, 0.6) is 0 Å². The monoisotopic (exact) mass is 291 g/mol. The molecule has 1 aliphatic carbocycles. The molecule has 3 heterocycles. The Labute approximate surface area is 130 Å². The standard InChI is InChI=1S/C18H33N3/c1-2-9-19-14-11-16-4-3-5-17(12-14)21(16)18-8-10-20(13-18)15-6-7-15/h14-19H,2-13H2,1H3. The highest BCUT2D eigenvalue weighted by Crippen LogP contribution is 2.39. The van der Waals surface area contributed by atoms with E-state index in [4.69, 9.17) is 0 Å². The number of hydrogen-bond donors (Lipinski definition) is 1. The van der Waals surface area contributed by atoms with Crippen LogP contribution in [0.1, 0.15) is 64.7 Å². The van der Waals surface area contributed by atoms with Crippen LogP contribution in [0.25, 0.3) is 0 Å². The van der Waals surface area contributed by atoms with Gasteiger partial charge in [0.15, 0.2) is 0 Å². The van der Waals surface area contributed by atoms with Gasteiger partial charge >= 0.3 is 0 Å². The molecule has 1 N–H and O–H groups in total. The van der Waals surface area contributed by atoms with Crippen LogP contribution < -0.4 is 5.32 Å². The van der Waals surface area contributed by atoms with Gasteiger partial charge in [0, 0.05) is 43.3 Å². The smallest absolute Gasteiger partial charge is 0.0241 e. The topological polar surface area (TPSA) is 18.5 Å². The lowest BCUT2D eigenvalue weighted by Crippen LogP contribution is -2.60. The largest absolute Gasteiger partial charge is 0.314 e. The van der Waals surface area contributed by atoms with Gasteiger partial charge in [-0.15, -0.1) is 0 Å². The number of piperidine rings is 2. The van der Waals surface area contributed by atoms with Crippen molar-refractivity contribution in [3.05, 3.63) is 0 Å². The molecule has 4 aliphatic rings. The Hall–Kier alpha value is -0.120. The Kier molecular flexibility index (Phi) is 4.25. The maximum atomic E-state index is 3.81. The Bertz CT molecular complexity index is 340. The number of likely N-dealkylation sites (tertiary alicyclic amines) is 1. The summed E-state index contributed by atoms with van der Waals surface area (Å²) in [6.07, 6.45) is 12.9. The van der Waals surface area contributed by atoms with Gasteiger partial charge in [-0.2, -0.15) is 0 Å². The summed E-state index contributed by atoms with van der Waals surface area (Å²) < 4.78 is 0. The molecular formula is C18H33N3. The number of nitrogens with one attached hydrogen (secondary N) is 1. The molecule has 3 unspecified atom stereocenters. The van der Waals surface area contributed by atoms with E-state index in [0.29, 0.717) is 0 Å². The Balaban J connectivity index is 1.39. The number of hydrogen-bond acceptors (Lipinski definition) is 3. The second-order valence-corrected chi connectivity index (χ2v) is 7.98. The molecule has 4 fully saturated rings. The highest BCUT2D eigenvalue weighted by Gasteiger charge is 2.44. The number of rotatable bonds is 5. The summed E-state index contributed by atoms with van der Waals surface area (Å²) in [6, 6.07) is 4.43. The summed E-state index contributed by atoms with van der Waals surface area (Å²) in [4.78, 5) is 5.79. The van der Waals surface area contributed by atoms with E-state index < -0.39 is 0 Å². The van der Waals surface area contributed by atoms with Crippen molar-refractivity contribution in [3.63, 3.8) is 0 Å². The zero-order valence-electron chi connectivity index (χ0n) is 13.8. The van der Waals surface area contributed by atoms with Crippen molar-refractivity contribution in [2.45, 2.75) is 94.9 Å². The van der Waals surface area contributed by atoms with Gasteiger partial charge in [0.2, 0.25) is 0 Å². The first-order valence-corrected chi connectivity index (χ1v) is 9.60. The Morgan fingerprint density at radius 3 is 2.33 bits per heavy atom. The van der Waals surface area contributed by atoms with Gasteiger partial charge in [-0.3, -0.25) is 9.80 Å². The van der Waals surface area contributed by atoms with Crippen molar-refractivity contribution in [3.8, 4) is 0 Å². The van der Waals surface area contributed by atoms with Gasteiger partial charge in [0.05, 0.1) is 0 Å². The fourth-order valence-electron chi connectivity index (χ4n) is 5.31. The first-order valence-electron chi connectivity index (χ1n) is 9.60. The molecule has 3 aliphatic heterocycles. The van der Waals surface area contributed by atoms with E-state index in [1.807, 2.05) is 0 Å². The molecule has 0 aromatic heterocycles. The van der Waals surface area contributed by atoms with Crippen LogP contribution in [0.2, 0.25) is 0 Å². The average molecular weight is 291 g/mol. The third kappa shape index (κ3) is 3.02. The molecule has 21 heavy (non-hydrogen) atoms. The van der Waals surface area contributed by atoms with Gasteiger partial charge in [0.25, 0.3) is 0 Å². The summed E-state index contributed by atoms with van der Waals surface area (Å²) in [5, 5.41) is 3.81. The molecular weight excluding hydrogens is 258 g/mol. The summed E-state index contributed by atoms with van der Waals surface area (Å²) in [5.41, 5.74) is 0. The Morgan fingerprint density at radius 2 is 1.67 bits per heavy atom. The van der Waals surface area contributed by atoms with Gasteiger partial charge < -0.3 is 5.32 Å². The fourth-order valence-corrected chi connectivity index (χ4v) is 5.31. The van der Waals surface area contributed by atoms with Crippen LogP contribution in [0, 0.1) is 0 Å². The molecule has 3 saturated heterocycles. The molecule has 0 amide bonds. The zero-order valence-corrected chi connectivity index (χ0v) is 13.8. The molecule has 3 atom stereocenters. The number of nitrogens with zero attached hydrogens (tertiary/aromatic N) is 2. The molecule has 3 nitrogen and oxygen atoms in total. The van der Waals surface area contributed by atoms with Crippen LogP contribution in [0.4, 0.5) is 0 Å². The first kappa shape index (κ1) is 14.5. The molecule has 3 heteroatoms. The second-order valence-electron chi connectivity index (χ2n) is 7.98. The number of fused-ring (bicyclic) bond motifs is 2. The van der Waals surface area contributed by atoms with Crippen LogP contribution >= 0.6 is 0 Å². The minimum absolute atomic E-state index is 0.803.